The van der Waals surface area contributed by atoms with Gasteiger partial charge in [0, 0.05) is 101 Å². The van der Waals surface area contributed by atoms with Crippen LogP contribution in [0.15, 0.2) is 272 Å². The van der Waals surface area contributed by atoms with Crippen molar-refractivity contribution in [3.05, 3.63) is 303 Å². The number of nitrogens with one attached hydrogen (secondary N) is 1. The van der Waals surface area contributed by atoms with Crippen LogP contribution in [0, 0.1) is 36.1 Å². The Morgan fingerprint density at radius 2 is 0.822 bits per heavy atom. The number of hydrogen-bond donors (Lipinski definition) is 6. The van der Waals surface area contributed by atoms with Crippen molar-refractivity contribution >= 4 is 24.1 Å². The molecule has 1 fully saturated rings. The maximum absolute atomic E-state index is 11.7. The number of ether oxygens (including phenoxy) is 4. The van der Waals surface area contributed by atoms with Crippen LogP contribution in [0.2, 0.25) is 0 Å². The molecule has 4 aromatic heterocycles. The number of esters is 2. The van der Waals surface area contributed by atoms with Gasteiger partial charge in [-0.25, -0.2) is 24.2 Å². The second-order valence-corrected chi connectivity index (χ2v) is 23.4. The van der Waals surface area contributed by atoms with Crippen LogP contribution in [0.5, 0.6) is 11.5 Å². The van der Waals surface area contributed by atoms with Crippen LogP contribution < -0.4 is 10.1 Å². The molecule has 6 N–H and O–H groups in total. The van der Waals surface area contributed by atoms with Crippen LogP contribution in [0.3, 0.4) is 0 Å². The number of rotatable bonds is 21. The molecule has 10 aromatic rings. The van der Waals surface area contributed by atoms with Gasteiger partial charge in [0.2, 0.25) is 6.08 Å². The molecule has 0 spiro atoms. The van der Waals surface area contributed by atoms with Gasteiger partial charge in [0.1, 0.15) is 24.7 Å². The predicted molar refractivity (Wildman–Crippen MR) is 408 cm³/mol. The summed E-state index contributed by atoms with van der Waals surface area (Å²) in [5, 5.41) is 50.0. The predicted octanol–water partition coefficient (Wildman–Crippen LogP) is 14.6. The van der Waals surface area contributed by atoms with Gasteiger partial charge >= 0.3 is 18.0 Å². The number of benzene rings is 6. The normalized spacial score (nSPS) is 12.1. The minimum absolute atomic E-state index is 0. The minimum Gasteiger partial charge on any atom is -0.508 e. The second-order valence-electron chi connectivity index (χ2n) is 23.4. The molecule has 1 aliphatic heterocycles. The number of aromatic hydroxyl groups is 1. The number of hydrogen-bond acceptors (Lipinski definition) is 18. The first-order valence-electron chi connectivity index (χ1n) is 34.1. The number of aliphatic hydroxyl groups excluding tert-OH is 4. The molecule has 4 unspecified atom stereocenters. The third-order valence-electron chi connectivity index (χ3n) is 14.7. The number of phenols is 1. The number of aromatic nitrogens is 4. The summed E-state index contributed by atoms with van der Waals surface area (Å²) in [7, 11) is 0. The summed E-state index contributed by atoms with van der Waals surface area (Å²) in [6, 6.07) is 80.9. The zero-order valence-electron chi connectivity index (χ0n) is 60.9. The summed E-state index contributed by atoms with van der Waals surface area (Å²) in [6.45, 7) is 19.0. The Bertz CT molecular complexity index is 3550. The number of aliphatic hydroxyl groups is 4. The Balaban J connectivity index is 0.000000426. The monoisotopic (exact) mass is 1800 g/mol. The maximum atomic E-state index is 11.7. The van der Waals surface area contributed by atoms with E-state index in [2.05, 4.69) is 72.4 Å². The summed E-state index contributed by atoms with van der Waals surface area (Å²) >= 11 is 0. The average Bonchev–Trinajstić information content (AvgIpc) is 1.13. The van der Waals surface area contributed by atoms with E-state index in [4.69, 9.17) is 19.3 Å². The molecule has 2 radical (unpaired) electrons. The minimum atomic E-state index is -0.657. The van der Waals surface area contributed by atoms with E-state index in [0.29, 0.717) is 29.7 Å². The van der Waals surface area contributed by atoms with E-state index >= 15 is 0 Å². The molecule has 21 heteroatoms. The van der Waals surface area contributed by atoms with Gasteiger partial charge in [0.15, 0.2) is 0 Å². The summed E-state index contributed by atoms with van der Waals surface area (Å²) < 4.78 is 19.5. The van der Waals surface area contributed by atoms with Gasteiger partial charge in [-0.05, 0) is 150 Å². The molecule has 19 nitrogen and oxygen atoms in total. The zero-order chi connectivity index (χ0) is 76.2. The number of isocyanates is 1. The van der Waals surface area contributed by atoms with Crippen LogP contribution >= 0.6 is 0 Å². The molecule has 0 saturated carbocycles. The van der Waals surface area contributed by atoms with E-state index in [1.807, 2.05) is 170 Å². The van der Waals surface area contributed by atoms with E-state index in [-0.39, 0.29) is 84.1 Å². The third kappa shape index (κ3) is 40.8. The molecule has 11 rings (SSSR count). The number of nitrogens with zero attached hydrogens (tertiary/aromatic N) is 5. The van der Waals surface area contributed by atoms with Gasteiger partial charge in [-0.1, -0.05) is 86.0 Å². The first-order valence-corrected chi connectivity index (χ1v) is 34.1. The van der Waals surface area contributed by atoms with Gasteiger partial charge in [-0.3, -0.25) is 0 Å². The van der Waals surface area contributed by atoms with Crippen LogP contribution in [0.4, 0.5) is 4.79 Å². The smallest absolute Gasteiger partial charge is 0.412 e. The molecule has 5 heterocycles. The third-order valence-corrected chi connectivity index (χ3v) is 14.7. The number of carbonyl (C=O) groups is 3. The van der Waals surface area contributed by atoms with Crippen LogP contribution in [-0.4, -0.2) is 134 Å². The number of phenolic OH excluding ortho intramolecular Hbond substituents is 1. The van der Waals surface area contributed by atoms with Gasteiger partial charge < -0.3 is 69.7 Å². The molecule has 1 aliphatic rings. The zero-order valence-corrected chi connectivity index (χ0v) is 65.7. The molecule has 4 atom stereocenters. The van der Waals surface area contributed by atoms with Crippen LogP contribution in [-0.2, 0) is 81.6 Å². The first kappa shape index (κ1) is 93.0. The molecule has 1 amide bonds. The summed E-state index contributed by atoms with van der Waals surface area (Å²) in [6.07, 6.45) is 9.15. The summed E-state index contributed by atoms with van der Waals surface area (Å²) in [5.41, 5.74) is 10.6. The van der Waals surface area contributed by atoms with Crippen molar-refractivity contribution in [3.8, 4) is 56.5 Å². The first-order chi connectivity index (χ1) is 50.8. The van der Waals surface area contributed by atoms with E-state index in [9.17, 15) is 39.6 Å². The second kappa shape index (κ2) is 56.3. The SMILES string of the molecule is C1CCOC1.C=C(C)C(=O)OCCN=C=O.C=C(C)C(=O)OCCNC(=O)Oc1ccc(CC(C(C)O)C(C)O)cc1.CC(O)C(Cc1ccc(O)cc1)C(C)O.[Ir].[Ir].[c-]1ccccc1-c1ccccn1.[c-]1ccccc1-c1ccccn1.[c-]1ccccc1-c1ccccn1.[c-]1ccccc1-c1ccccn1. The fourth-order valence-corrected chi connectivity index (χ4v) is 9.08. The van der Waals surface area contributed by atoms with Gasteiger partial charge in [0.05, 0.1) is 37.5 Å². The summed E-state index contributed by atoms with van der Waals surface area (Å²) in [4.78, 5) is 63.1. The molecule has 568 valence electrons. The van der Waals surface area contributed by atoms with Gasteiger partial charge in [0.25, 0.3) is 0 Å². The van der Waals surface area contributed by atoms with E-state index in [1.165, 1.54) is 18.9 Å². The van der Waals surface area contributed by atoms with Crippen molar-refractivity contribution < 1.29 is 104 Å². The Hall–Kier alpha value is -10.1. The molecule has 107 heavy (non-hydrogen) atoms. The molecule has 1 saturated heterocycles. The Kier molecular flexibility index (Phi) is 48.9. The van der Waals surface area contributed by atoms with Crippen molar-refractivity contribution in [1.29, 1.82) is 0 Å². The topological polar surface area (TPSA) is 282 Å². The number of amides is 1. The summed E-state index contributed by atoms with van der Waals surface area (Å²) in [5.74, 6) is -0.837. The van der Waals surface area contributed by atoms with Crippen molar-refractivity contribution in [1.82, 2.24) is 25.3 Å². The van der Waals surface area contributed by atoms with Crippen molar-refractivity contribution in [2.75, 3.05) is 39.5 Å². The largest absolute Gasteiger partial charge is 0.508 e. The Labute approximate surface area is 656 Å². The number of carbonyl (C=O) groups excluding carboxylic acids is 4. The molecule has 0 aliphatic carbocycles. The van der Waals surface area contributed by atoms with Crippen LogP contribution in [0.1, 0.15) is 65.5 Å². The van der Waals surface area contributed by atoms with E-state index < -0.39 is 42.4 Å². The quantitative estimate of drug-likeness (QED) is 0.00973. The van der Waals surface area contributed by atoms with Crippen molar-refractivity contribution in [2.45, 2.75) is 91.6 Å². The molecular formula is C86H94Ir2N6O13-4. The molecular weight excluding hydrogens is 1710 g/mol. The molecule has 0 bridgehead atoms. The number of aliphatic imine (C=N–C) groups is 1. The van der Waals surface area contributed by atoms with Crippen molar-refractivity contribution in [3.63, 3.8) is 0 Å². The average molecular weight is 1800 g/mol. The Morgan fingerprint density at radius 1 is 0.495 bits per heavy atom. The fourth-order valence-electron chi connectivity index (χ4n) is 9.08. The molecule has 6 aromatic carbocycles. The van der Waals surface area contributed by atoms with Gasteiger partial charge in [-0.2, -0.15) is 0 Å². The van der Waals surface area contributed by atoms with Gasteiger partial charge in [-0.15, -0.1) is 144 Å². The van der Waals surface area contributed by atoms with E-state index in [1.54, 1.807) is 115 Å². The number of pyridine rings is 4. The fraction of sp³-hybridized carbons (Fsp3) is 0.256. The standard InChI is InChI=1S/C19H27NO6.C12H18O3.4C11H8N.C7H9NO3.C4H8O.2Ir/c1-12(2)18(23)25-10-9-20-19(24)26-16-7-5-15(6-8-16)11-17(13(3)21)14(4)22;1-8(13)12(9(2)14)7-10-3-5-11(15)6-4-10;4*1-2-6-10(7-3-1)11-8-4-5-9-12-11;1-6(2)7(10)11-4-3-8-5-9;1-2-4-5-3-1;;/h5-8,13-14,17,21-22H,1,9-11H2,2-4H3,(H,20,24);3-6,8-9,12-15H,7H2,1-2H3;4*1-6,8-9H;1,3-4H2,2H3;1-4H2;;/q;;4*-1;;;;. The Morgan fingerprint density at radius 3 is 1.09 bits per heavy atom. The van der Waals surface area contributed by atoms with Crippen LogP contribution in [0.25, 0.3) is 45.0 Å². The maximum Gasteiger partial charge on any atom is 0.412 e. The van der Waals surface area contributed by atoms with Crippen molar-refractivity contribution in [2.24, 2.45) is 16.8 Å². The van der Waals surface area contributed by atoms with E-state index in [0.717, 1.165) is 69.4 Å².